The van der Waals surface area contributed by atoms with Crippen LogP contribution in [0.2, 0.25) is 0 Å². The zero-order valence-corrected chi connectivity index (χ0v) is 16.5. The standard InChI is InChI=1S/C22H24BF2NO4/c23-26(11-17(27)21-5-1-13-9-15(24)3-7-19(13)29-21)12-18(28)22-6-2-14-10-16(25)4-8-20(14)30-22/h3-4,7-10,17-18,21-22,27-28H,1-2,5-6,11-12H2. The number of fused-ring (bicyclic) bond motifs is 2. The van der Waals surface area contributed by atoms with Gasteiger partial charge in [0.25, 0.3) is 0 Å². The molecule has 2 aromatic carbocycles. The zero-order valence-electron chi connectivity index (χ0n) is 16.5. The minimum Gasteiger partial charge on any atom is -0.487 e. The molecule has 2 radical (unpaired) electrons. The Morgan fingerprint density at radius 3 is 1.73 bits per heavy atom. The first-order valence-electron chi connectivity index (χ1n) is 10.1. The Balaban J connectivity index is 1.28. The van der Waals surface area contributed by atoms with Gasteiger partial charge in [0.05, 0.1) is 0 Å². The summed E-state index contributed by atoms with van der Waals surface area (Å²) in [5, 5.41) is 21.1. The highest BCUT2D eigenvalue weighted by molar-refractivity contribution is 6.04. The molecule has 4 unspecified atom stereocenters. The van der Waals surface area contributed by atoms with E-state index in [0.717, 1.165) is 11.1 Å². The fourth-order valence-corrected chi connectivity index (χ4v) is 4.09. The molecule has 0 spiro atoms. The normalized spacial score (nSPS) is 22.4. The first-order chi connectivity index (χ1) is 14.4. The number of aliphatic hydroxyl groups excluding tert-OH is 2. The van der Waals surface area contributed by atoms with Crippen LogP contribution >= 0.6 is 0 Å². The van der Waals surface area contributed by atoms with Gasteiger partial charge in [-0.05, 0) is 73.2 Å². The van der Waals surface area contributed by atoms with Gasteiger partial charge in [-0.15, -0.1) is 0 Å². The lowest BCUT2D eigenvalue weighted by molar-refractivity contribution is -0.00909. The third-order valence-corrected chi connectivity index (χ3v) is 5.70. The summed E-state index contributed by atoms with van der Waals surface area (Å²) in [6, 6.07) is 8.68. The van der Waals surface area contributed by atoms with Gasteiger partial charge in [0.2, 0.25) is 0 Å². The number of aryl methyl sites for hydroxylation is 2. The van der Waals surface area contributed by atoms with E-state index in [9.17, 15) is 19.0 Å². The molecule has 0 fully saturated rings. The van der Waals surface area contributed by atoms with Gasteiger partial charge in [0, 0.05) is 13.1 Å². The minimum atomic E-state index is -0.864. The average molecular weight is 415 g/mol. The molecule has 4 atom stereocenters. The number of hydrogen-bond acceptors (Lipinski definition) is 5. The lowest BCUT2D eigenvalue weighted by Gasteiger charge is -2.34. The van der Waals surface area contributed by atoms with Crippen molar-refractivity contribution in [2.24, 2.45) is 0 Å². The van der Waals surface area contributed by atoms with Crippen LogP contribution in [0.5, 0.6) is 11.5 Å². The van der Waals surface area contributed by atoms with Gasteiger partial charge in [-0.2, -0.15) is 0 Å². The summed E-state index contributed by atoms with van der Waals surface area (Å²) < 4.78 is 38.2. The van der Waals surface area contributed by atoms with Crippen LogP contribution < -0.4 is 9.47 Å². The Morgan fingerprint density at radius 1 is 0.867 bits per heavy atom. The van der Waals surface area contributed by atoms with Gasteiger partial charge < -0.3 is 24.5 Å². The summed E-state index contributed by atoms with van der Waals surface area (Å²) in [7, 11) is 6.02. The molecular formula is C22H24BF2NO4. The number of hydrogen-bond donors (Lipinski definition) is 2. The summed E-state index contributed by atoms with van der Waals surface area (Å²) in [4.78, 5) is 1.35. The van der Waals surface area contributed by atoms with Crippen molar-refractivity contribution in [3.63, 3.8) is 0 Å². The molecule has 2 aliphatic heterocycles. The Hall–Kier alpha value is -2.16. The number of aliphatic hydroxyl groups is 2. The van der Waals surface area contributed by atoms with Crippen LogP contribution in [0.4, 0.5) is 8.78 Å². The number of benzene rings is 2. The second-order valence-electron chi connectivity index (χ2n) is 7.98. The van der Waals surface area contributed by atoms with Crippen LogP contribution in [0, 0.1) is 11.6 Å². The molecule has 0 bridgehead atoms. The van der Waals surface area contributed by atoms with E-state index in [-0.39, 0.29) is 24.7 Å². The molecule has 2 N–H and O–H groups in total. The van der Waals surface area contributed by atoms with Crippen molar-refractivity contribution in [3.05, 3.63) is 59.2 Å². The van der Waals surface area contributed by atoms with Crippen LogP contribution in [0.3, 0.4) is 0 Å². The zero-order chi connectivity index (χ0) is 21.3. The van der Waals surface area contributed by atoms with Gasteiger partial charge >= 0.3 is 0 Å². The molecule has 4 rings (SSSR count). The smallest absolute Gasteiger partial charge is 0.182 e. The second-order valence-corrected chi connectivity index (χ2v) is 7.98. The molecule has 0 amide bonds. The van der Waals surface area contributed by atoms with Crippen LogP contribution in [0.1, 0.15) is 24.0 Å². The van der Waals surface area contributed by atoms with Crippen molar-refractivity contribution >= 4 is 7.98 Å². The molecule has 0 aromatic heterocycles. The van der Waals surface area contributed by atoms with E-state index >= 15 is 0 Å². The Bertz CT molecular complexity index is 828. The molecule has 2 heterocycles. The summed E-state index contributed by atoms with van der Waals surface area (Å²) in [5.41, 5.74) is 1.57. The predicted octanol–water partition coefficient (Wildman–Crippen LogP) is 2.16. The van der Waals surface area contributed by atoms with Crippen LogP contribution in [0.25, 0.3) is 0 Å². The molecular weight excluding hydrogens is 391 g/mol. The molecule has 8 heteroatoms. The molecule has 5 nitrogen and oxygen atoms in total. The highest BCUT2D eigenvalue weighted by atomic mass is 19.1. The first kappa shape index (κ1) is 21.1. The third kappa shape index (κ3) is 4.77. The van der Waals surface area contributed by atoms with Crippen molar-refractivity contribution in [3.8, 4) is 11.5 Å². The fourth-order valence-electron chi connectivity index (χ4n) is 4.09. The highest BCUT2D eigenvalue weighted by Crippen LogP contribution is 2.31. The van der Waals surface area contributed by atoms with Gasteiger partial charge in [-0.3, -0.25) is 0 Å². The maximum absolute atomic E-state index is 13.3. The third-order valence-electron chi connectivity index (χ3n) is 5.70. The van der Waals surface area contributed by atoms with Gasteiger partial charge in [-0.1, -0.05) is 0 Å². The number of halogens is 2. The molecule has 2 aliphatic rings. The topological polar surface area (TPSA) is 62.2 Å². The quantitative estimate of drug-likeness (QED) is 0.709. The molecule has 0 saturated carbocycles. The van der Waals surface area contributed by atoms with E-state index < -0.39 is 24.4 Å². The van der Waals surface area contributed by atoms with Gasteiger partial charge in [-0.25, -0.2) is 8.78 Å². The summed E-state index contributed by atoms with van der Waals surface area (Å²) in [5.74, 6) is 0.523. The van der Waals surface area contributed by atoms with E-state index in [1.54, 1.807) is 12.1 Å². The second kappa shape index (κ2) is 8.92. The van der Waals surface area contributed by atoms with Crippen molar-refractivity contribution in [1.29, 1.82) is 0 Å². The summed E-state index contributed by atoms with van der Waals surface area (Å²) >= 11 is 0. The average Bonchev–Trinajstić information content (AvgIpc) is 2.72. The predicted molar refractivity (Wildman–Crippen MR) is 108 cm³/mol. The van der Waals surface area contributed by atoms with Crippen LogP contribution in [-0.4, -0.2) is 60.5 Å². The summed E-state index contributed by atoms with van der Waals surface area (Å²) in [6.45, 7) is 0.208. The molecule has 30 heavy (non-hydrogen) atoms. The van der Waals surface area contributed by atoms with Crippen molar-refractivity contribution in [2.75, 3.05) is 13.1 Å². The van der Waals surface area contributed by atoms with Gasteiger partial charge in [0.15, 0.2) is 7.98 Å². The van der Waals surface area contributed by atoms with E-state index in [1.165, 1.54) is 29.1 Å². The fraction of sp³-hybridized carbons (Fsp3) is 0.455. The maximum atomic E-state index is 13.3. The number of rotatable bonds is 6. The van der Waals surface area contributed by atoms with Crippen molar-refractivity contribution in [2.45, 2.75) is 50.1 Å². The lowest BCUT2D eigenvalue weighted by Crippen LogP contribution is -2.47. The molecule has 0 aliphatic carbocycles. The largest absolute Gasteiger partial charge is 0.487 e. The number of ether oxygens (including phenoxy) is 2. The monoisotopic (exact) mass is 415 g/mol. The lowest BCUT2D eigenvalue weighted by atomic mass is 9.97. The molecule has 2 aromatic rings. The maximum Gasteiger partial charge on any atom is 0.182 e. The number of nitrogens with zero attached hydrogens (tertiary/aromatic N) is 1. The highest BCUT2D eigenvalue weighted by Gasteiger charge is 2.30. The SMILES string of the molecule is [B]N(CC(O)C1CCc2cc(F)ccc2O1)CC(O)C1CCc2cc(F)ccc2O1. The van der Waals surface area contributed by atoms with Gasteiger partial charge in [0.1, 0.15) is 47.5 Å². The first-order valence-corrected chi connectivity index (χ1v) is 10.1. The molecule has 0 saturated heterocycles. The Morgan fingerprint density at radius 2 is 1.30 bits per heavy atom. The van der Waals surface area contributed by atoms with E-state index in [2.05, 4.69) is 0 Å². The molecule has 158 valence electrons. The Kier molecular flexibility index (Phi) is 6.27. The van der Waals surface area contributed by atoms with E-state index in [4.69, 9.17) is 17.5 Å². The van der Waals surface area contributed by atoms with Crippen molar-refractivity contribution in [1.82, 2.24) is 4.81 Å². The summed E-state index contributed by atoms with van der Waals surface area (Å²) in [6.07, 6.45) is -0.332. The van der Waals surface area contributed by atoms with Crippen LogP contribution in [-0.2, 0) is 12.8 Å². The van der Waals surface area contributed by atoms with E-state index in [1.807, 2.05) is 0 Å². The van der Waals surface area contributed by atoms with Crippen molar-refractivity contribution < 1.29 is 28.5 Å². The Labute approximate surface area is 175 Å². The van der Waals surface area contributed by atoms with Crippen LogP contribution in [0.15, 0.2) is 36.4 Å². The minimum absolute atomic E-state index is 0.104. The van der Waals surface area contributed by atoms with E-state index in [0.29, 0.717) is 37.2 Å².